The van der Waals surface area contributed by atoms with Gasteiger partial charge in [-0.05, 0) is 61.4 Å². The molecule has 0 saturated heterocycles. The van der Waals surface area contributed by atoms with Crippen LogP contribution in [0.25, 0.3) is 22.3 Å². The number of hydrogen-bond acceptors (Lipinski definition) is 8. The van der Waals surface area contributed by atoms with Gasteiger partial charge >= 0.3 is 0 Å². The summed E-state index contributed by atoms with van der Waals surface area (Å²) in [5.41, 5.74) is 4.11. The molecule has 1 aliphatic carbocycles. The number of benzene rings is 2. The number of aryl methyl sites for hydroxylation is 1. The molecular weight excluding hydrogens is 609 g/mol. The number of ketones is 1. The molecule has 1 amide bonds. The molecule has 2 aromatic heterocycles. The summed E-state index contributed by atoms with van der Waals surface area (Å²) in [6.07, 6.45) is 9.24. The highest BCUT2D eigenvalue weighted by atomic mass is 19.1. The molecule has 2 atom stereocenters. The Kier molecular flexibility index (Phi) is 12.2. The molecule has 0 radical (unpaired) electrons. The topological polar surface area (TPSA) is 134 Å². The van der Waals surface area contributed by atoms with Crippen molar-refractivity contribution in [3.8, 4) is 11.3 Å². The van der Waals surface area contributed by atoms with Crippen molar-refractivity contribution >= 4 is 34.4 Å². The molecule has 48 heavy (non-hydrogen) atoms. The number of aliphatic hydroxyl groups is 1. The first-order valence-corrected chi connectivity index (χ1v) is 17.3. The zero-order chi connectivity index (χ0) is 34.0. The summed E-state index contributed by atoms with van der Waals surface area (Å²) < 4.78 is 15.3. The molecule has 0 bridgehead atoms. The smallest absolute Gasteiger partial charge is 0.241 e. The summed E-state index contributed by atoms with van der Waals surface area (Å²) in [4.78, 5) is 35.2. The lowest BCUT2D eigenvalue weighted by Crippen LogP contribution is -2.48. The van der Waals surface area contributed by atoms with Gasteiger partial charge < -0.3 is 21.1 Å². The second-order valence-electron chi connectivity index (χ2n) is 13.1. The minimum atomic E-state index is -1.25. The number of nitrogens with one attached hydrogen (secondary N) is 3. The number of rotatable bonds is 16. The van der Waals surface area contributed by atoms with Gasteiger partial charge in [-0.1, -0.05) is 70.7 Å². The van der Waals surface area contributed by atoms with E-state index in [1.165, 1.54) is 43.5 Å². The van der Waals surface area contributed by atoms with Gasteiger partial charge in [-0.15, -0.1) is 0 Å². The molecular formula is C37H48FN7O3. The highest BCUT2D eigenvalue weighted by Gasteiger charge is 2.25. The third-order valence-corrected chi connectivity index (χ3v) is 9.03. The van der Waals surface area contributed by atoms with Gasteiger partial charge in [-0.3, -0.25) is 9.59 Å². The number of amides is 1. The SMILES string of the molecule is CCCCNc1ncc2c(-c3ccc(CCC(=O)C(O)CNC(C(=O)Nc4ccc(F)cc4)C(C)C)cc3)nn(C3CCCCC3)c2n1. The predicted molar refractivity (Wildman–Crippen MR) is 187 cm³/mol. The van der Waals surface area contributed by atoms with E-state index in [2.05, 4.69) is 32.5 Å². The van der Waals surface area contributed by atoms with Crippen LogP contribution in [0.15, 0.2) is 54.7 Å². The summed E-state index contributed by atoms with van der Waals surface area (Å²) in [6.45, 7) is 6.69. The summed E-state index contributed by atoms with van der Waals surface area (Å²) >= 11 is 0. The summed E-state index contributed by atoms with van der Waals surface area (Å²) in [5.74, 6) is -0.480. The molecule has 1 fully saturated rings. The molecule has 4 aromatic rings. The number of fused-ring (bicyclic) bond motifs is 1. The average molecular weight is 658 g/mol. The first-order valence-electron chi connectivity index (χ1n) is 17.3. The molecule has 1 aliphatic rings. The first-order chi connectivity index (χ1) is 23.2. The fraction of sp³-hybridized carbons (Fsp3) is 0.486. The Hall–Kier alpha value is -4.22. The molecule has 2 aromatic carbocycles. The molecule has 4 N–H and O–H groups in total. The fourth-order valence-electron chi connectivity index (χ4n) is 6.18. The van der Waals surface area contributed by atoms with E-state index >= 15 is 0 Å². The van der Waals surface area contributed by atoms with Crippen LogP contribution in [0.5, 0.6) is 0 Å². The minimum absolute atomic E-state index is 0.0495. The van der Waals surface area contributed by atoms with Crippen LogP contribution in [-0.2, 0) is 16.0 Å². The molecule has 5 rings (SSSR count). The van der Waals surface area contributed by atoms with Gasteiger partial charge in [0.15, 0.2) is 11.4 Å². The van der Waals surface area contributed by atoms with E-state index in [0.717, 1.165) is 60.1 Å². The van der Waals surface area contributed by atoms with E-state index in [4.69, 9.17) is 10.1 Å². The highest BCUT2D eigenvalue weighted by molar-refractivity contribution is 5.95. The van der Waals surface area contributed by atoms with Crippen molar-refractivity contribution in [3.05, 3.63) is 66.1 Å². The molecule has 11 heteroatoms. The van der Waals surface area contributed by atoms with Crippen molar-refractivity contribution < 1.29 is 19.1 Å². The maximum Gasteiger partial charge on any atom is 0.241 e. The minimum Gasteiger partial charge on any atom is -0.384 e. The second kappa shape index (κ2) is 16.7. The Morgan fingerprint density at radius 2 is 1.77 bits per heavy atom. The van der Waals surface area contributed by atoms with Crippen LogP contribution in [0.2, 0.25) is 0 Å². The summed E-state index contributed by atoms with van der Waals surface area (Å²) in [6, 6.07) is 13.2. The largest absolute Gasteiger partial charge is 0.384 e. The summed E-state index contributed by atoms with van der Waals surface area (Å²) in [5, 5.41) is 25.7. The van der Waals surface area contributed by atoms with Crippen LogP contribution in [0, 0.1) is 11.7 Å². The van der Waals surface area contributed by atoms with E-state index in [0.29, 0.717) is 24.1 Å². The number of aromatic nitrogens is 4. The van der Waals surface area contributed by atoms with Crippen molar-refractivity contribution in [3.63, 3.8) is 0 Å². The zero-order valence-electron chi connectivity index (χ0n) is 28.2. The standard InChI is InChI=1S/C37H48FN7O3/c1-4-5-21-39-37-41-22-30-34(44-45(35(30)43-37)29-9-7-6-8-10-29)26-14-11-25(12-15-26)13-20-31(46)32(47)23-40-33(24(2)3)36(48)42-28-18-16-27(38)17-19-28/h11-12,14-19,22,24,29,32-33,40,47H,4-10,13,20-21,23H2,1-3H3,(H,42,48)(H,39,41,43). The maximum atomic E-state index is 13.2. The molecule has 2 heterocycles. The monoisotopic (exact) mass is 657 g/mol. The number of unbranched alkanes of at least 4 members (excludes halogenated alkanes) is 1. The van der Waals surface area contributed by atoms with E-state index in [1.54, 1.807) is 0 Å². The Morgan fingerprint density at radius 1 is 1.04 bits per heavy atom. The number of carbonyl (C=O) groups is 2. The van der Waals surface area contributed by atoms with Crippen LogP contribution >= 0.6 is 0 Å². The van der Waals surface area contributed by atoms with Gasteiger partial charge in [0.25, 0.3) is 0 Å². The molecule has 0 aliphatic heterocycles. The summed E-state index contributed by atoms with van der Waals surface area (Å²) in [7, 11) is 0. The van der Waals surface area contributed by atoms with E-state index in [9.17, 15) is 19.1 Å². The van der Waals surface area contributed by atoms with Crippen molar-refractivity contribution in [2.45, 2.75) is 96.7 Å². The Morgan fingerprint density at radius 3 is 2.46 bits per heavy atom. The number of nitrogens with zero attached hydrogens (tertiary/aromatic N) is 4. The number of hydrogen-bond donors (Lipinski definition) is 4. The number of halogens is 1. The number of aliphatic hydroxyl groups excluding tert-OH is 1. The second-order valence-corrected chi connectivity index (χ2v) is 13.1. The van der Waals surface area contributed by atoms with Gasteiger partial charge in [0.2, 0.25) is 11.9 Å². The quantitative estimate of drug-likeness (QED) is 0.101. The van der Waals surface area contributed by atoms with Gasteiger partial charge in [-0.25, -0.2) is 14.1 Å². The molecule has 10 nitrogen and oxygen atoms in total. The third kappa shape index (κ3) is 9.02. The Balaban J connectivity index is 1.20. The average Bonchev–Trinajstić information content (AvgIpc) is 3.47. The lowest BCUT2D eigenvalue weighted by Gasteiger charge is -2.23. The van der Waals surface area contributed by atoms with Crippen molar-refractivity contribution in [1.29, 1.82) is 0 Å². The van der Waals surface area contributed by atoms with E-state index in [1.807, 2.05) is 44.3 Å². The molecule has 1 saturated carbocycles. The Labute approximate surface area is 281 Å². The molecule has 2 unspecified atom stereocenters. The van der Waals surface area contributed by atoms with Crippen LogP contribution in [0.1, 0.15) is 83.7 Å². The first kappa shape index (κ1) is 35.1. The van der Waals surface area contributed by atoms with Gasteiger partial charge in [0.05, 0.1) is 17.5 Å². The van der Waals surface area contributed by atoms with E-state index in [-0.39, 0.29) is 36.4 Å². The molecule has 256 valence electrons. The van der Waals surface area contributed by atoms with Gasteiger partial charge in [0, 0.05) is 37.0 Å². The lowest BCUT2D eigenvalue weighted by molar-refractivity contribution is -0.127. The van der Waals surface area contributed by atoms with Gasteiger partial charge in [-0.2, -0.15) is 10.1 Å². The highest BCUT2D eigenvalue weighted by Crippen LogP contribution is 2.34. The van der Waals surface area contributed by atoms with Crippen molar-refractivity contribution in [2.24, 2.45) is 5.92 Å². The zero-order valence-corrected chi connectivity index (χ0v) is 28.2. The number of Topliss-reactive ketones (excluding diaryl/α,β-unsaturated/α-hetero) is 1. The van der Waals surface area contributed by atoms with Crippen LogP contribution in [-0.4, -0.2) is 61.8 Å². The van der Waals surface area contributed by atoms with Crippen LogP contribution in [0.4, 0.5) is 16.0 Å². The van der Waals surface area contributed by atoms with Crippen molar-refractivity contribution in [2.75, 3.05) is 23.7 Å². The van der Waals surface area contributed by atoms with Crippen LogP contribution < -0.4 is 16.0 Å². The molecule has 0 spiro atoms. The maximum absolute atomic E-state index is 13.2. The Bertz CT molecular complexity index is 1650. The van der Waals surface area contributed by atoms with Gasteiger partial charge in [0.1, 0.15) is 17.6 Å². The fourth-order valence-corrected chi connectivity index (χ4v) is 6.18. The number of anilines is 2. The normalized spacial score (nSPS) is 15.0. The predicted octanol–water partition coefficient (Wildman–Crippen LogP) is 6.47. The van der Waals surface area contributed by atoms with E-state index < -0.39 is 12.1 Å². The number of carbonyl (C=O) groups excluding carboxylic acids is 2. The third-order valence-electron chi connectivity index (χ3n) is 9.03. The van der Waals surface area contributed by atoms with Crippen LogP contribution in [0.3, 0.4) is 0 Å². The van der Waals surface area contributed by atoms with Crippen molar-refractivity contribution in [1.82, 2.24) is 25.1 Å². The lowest BCUT2D eigenvalue weighted by atomic mass is 9.96.